The quantitative estimate of drug-likeness (QED) is 0.0766. The second-order valence-corrected chi connectivity index (χ2v) is 13.1. The number of rotatable bonds is 14. The molecule has 274 valence electrons. The Hall–Kier alpha value is -5.60. The smallest absolute Gasteiger partial charge is 0.338 e. The first-order valence-corrected chi connectivity index (χ1v) is 17.0. The van der Waals surface area contributed by atoms with Crippen molar-refractivity contribution in [3.05, 3.63) is 75.4 Å². The lowest BCUT2D eigenvalue weighted by Gasteiger charge is -2.18. The molecular weight excluding hydrogens is 670 g/mol. The first-order valence-electron chi connectivity index (χ1n) is 17.0. The molecule has 14 nitrogen and oxygen atoms in total. The third kappa shape index (κ3) is 7.39. The van der Waals surface area contributed by atoms with Gasteiger partial charge in [0.15, 0.2) is 0 Å². The van der Waals surface area contributed by atoms with Crippen LogP contribution in [0.5, 0.6) is 0 Å². The molecular formula is C38H43N5O9. The average molecular weight is 714 g/mol. The standard InChI is InChI=1S/C38H43N5O9/c1-7-21-17(3)25-13-27-19(5)23(9-10-32(44)45)35(41-27)24(11-12-52-43-31(37(48)49)16-33(46)47)36-34(38(50)51)20(6)28(42-36)15-30-22(8-2)18(4)26(40-30)14-29(21)39-25/h7,13-15,19,23,31,39-40,43H,1,8-12,16H2,2-6H3,(H,44,45)(H,46,47)(H,48,49)(H,50,51)/t19-,23-,31-/m0/s1. The van der Waals surface area contributed by atoms with Crippen LogP contribution in [-0.4, -0.2) is 76.9 Å². The number of carboxylic acids is 4. The van der Waals surface area contributed by atoms with Gasteiger partial charge < -0.3 is 35.2 Å². The summed E-state index contributed by atoms with van der Waals surface area (Å²) in [5.74, 6) is -5.72. The van der Waals surface area contributed by atoms with Gasteiger partial charge in [0.1, 0.15) is 6.04 Å². The Morgan fingerprint density at radius 1 is 0.942 bits per heavy atom. The largest absolute Gasteiger partial charge is 0.481 e. The number of aliphatic carboxylic acids is 4. The monoisotopic (exact) mass is 713 g/mol. The van der Waals surface area contributed by atoms with E-state index in [1.807, 2.05) is 45.9 Å². The Bertz CT molecular complexity index is 2180. The van der Waals surface area contributed by atoms with Crippen LogP contribution in [0, 0.1) is 13.8 Å². The van der Waals surface area contributed by atoms with Crippen LogP contribution < -0.4 is 5.48 Å². The van der Waals surface area contributed by atoms with E-state index in [0.717, 1.165) is 44.3 Å². The van der Waals surface area contributed by atoms with Gasteiger partial charge in [0, 0.05) is 69.3 Å². The maximum Gasteiger partial charge on any atom is 0.338 e. The van der Waals surface area contributed by atoms with E-state index in [1.165, 1.54) is 0 Å². The van der Waals surface area contributed by atoms with Crippen LogP contribution in [0.1, 0.15) is 102 Å². The maximum absolute atomic E-state index is 13.0. The second-order valence-electron chi connectivity index (χ2n) is 13.1. The molecule has 0 radical (unpaired) electrons. The molecule has 5 rings (SSSR count). The molecule has 52 heavy (non-hydrogen) atoms. The minimum absolute atomic E-state index is 0.0157. The van der Waals surface area contributed by atoms with Crippen molar-refractivity contribution < 1.29 is 44.4 Å². The van der Waals surface area contributed by atoms with Crippen LogP contribution in [0.3, 0.4) is 0 Å². The van der Waals surface area contributed by atoms with Crippen LogP contribution in [0.4, 0.5) is 0 Å². The summed E-state index contributed by atoms with van der Waals surface area (Å²) in [6, 6.07) is 4.23. The van der Waals surface area contributed by atoms with Crippen molar-refractivity contribution in [2.75, 3.05) is 6.61 Å². The SMILES string of the molecule is C=Cc1c(C)c2cc3nc(c(CCON[C@@H](CC(=O)O)C(=O)O)c4nc(cc5[nH]c(cc1[nH]2)c(C)c5CC)C(C)=C4C(=O)O)[C@@H](CCC(=O)O)[C@@H]3C. The minimum atomic E-state index is -1.54. The van der Waals surface area contributed by atoms with Gasteiger partial charge in [-0.2, -0.15) is 5.48 Å². The zero-order valence-electron chi connectivity index (χ0n) is 29.7. The van der Waals surface area contributed by atoms with Crippen LogP contribution in [0.2, 0.25) is 0 Å². The number of nitrogens with zero attached hydrogens (tertiary/aromatic N) is 2. The molecule has 0 aromatic carbocycles. The number of aromatic nitrogens is 4. The van der Waals surface area contributed by atoms with Crippen molar-refractivity contribution in [3.8, 4) is 0 Å². The normalized spacial score (nSPS) is 16.2. The van der Waals surface area contributed by atoms with E-state index in [4.69, 9.17) is 19.9 Å². The lowest BCUT2D eigenvalue weighted by atomic mass is 9.84. The van der Waals surface area contributed by atoms with Crippen LogP contribution in [0.15, 0.2) is 24.8 Å². The Labute approximate surface area is 299 Å². The number of aromatic amines is 2. The Morgan fingerprint density at radius 3 is 2.25 bits per heavy atom. The lowest BCUT2D eigenvalue weighted by molar-refractivity contribution is -0.150. The minimum Gasteiger partial charge on any atom is -0.481 e. The van der Waals surface area contributed by atoms with Crippen LogP contribution >= 0.6 is 0 Å². The average Bonchev–Trinajstić information content (AvgIpc) is 3.75. The summed E-state index contributed by atoms with van der Waals surface area (Å²) in [7, 11) is 0. The Kier molecular flexibility index (Phi) is 11.1. The maximum atomic E-state index is 13.0. The van der Waals surface area contributed by atoms with Crippen LogP contribution in [0.25, 0.3) is 39.3 Å². The molecule has 3 aromatic rings. The first-order chi connectivity index (χ1) is 24.7. The number of H-pyrrole nitrogens is 2. The molecule has 7 N–H and O–H groups in total. The number of allylic oxidation sites excluding steroid dienone is 1. The third-order valence-corrected chi connectivity index (χ3v) is 9.97. The summed E-state index contributed by atoms with van der Waals surface area (Å²) in [6.07, 6.45) is 1.75. The summed E-state index contributed by atoms with van der Waals surface area (Å²) in [6.45, 7) is 13.5. The van der Waals surface area contributed by atoms with Crippen LogP contribution in [-0.2, 0) is 36.9 Å². The number of carbonyl (C=O) groups is 4. The van der Waals surface area contributed by atoms with Gasteiger partial charge in [-0.25, -0.2) is 9.78 Å². The second kappa shape index (κ2) is 15.3. The number of fused-ring (bicyclic) bond motifs is 8. The van der Waals surface area contributed by atoms with E-state index < -0.39 is 42.3 Å². The van der Waals surface area contributed by atoms with Crippen molar-refractivity contribution in [2.24, 2.45) is 0 Å². The molecule has 0 amide bonds. The Balaban J connectivity index is 1.87. The summed E-state index contributed by atoms with van der Waals surface area (Å²) >= 11 is 0. The van der Waals surface area contributed by atoms with E-state index in [-0.39, 0.29) is 43.1 Å². The van der Waals surface area contributed by atoms with E-state index >= 15 is 0 Å². The topological polar surface area (TPSA) is 228 Å². The highest BCUT2D eigenvalue weighted by Gasteiger charge is 2.35. The predicted octanol–water partition coefficient (Wildman–Crippen LogP) is 5.90. The van der Waals surface area contributed by atoms with E-state index in [0.29, 0.717) is 34.6 Å². The molecule has 3 atom stereocenters. The predicted molar refractivity (Wildman–Crippen MR) is 195 cm³/mol. The fourth-order valence-corrected chi connectivity index (χ4v) is 7.11. The zero-order chi connectivity index (χ0) is 38.0. The molecule has 0 aliphatic carbocycles. The molecule has 5 heterocycles. The zero-order valence-corrected chi connectivity index (χ0v) is 29.7. The summed E-state index contributed by atoms with van der Waals surface area (Å²) < 4.78 is 0. The highest BCUT2D eigenvalue weighted by atomic mass is 16.6. The summed E-state index contributed by atoms with van der Waals surface area (Å²) in [5, 5.41) is 38.9. The molecule has 0 spiro atoms. The van der Waals surface area contributed by atoms with E-state index in [1.54, 1.807) is 13.0 Å². The molecule has 0 saturated carbocycles. The van der Waals surface area contributed by atoms with Crippen molar-refractivity contribution in [2.45, 2.75) is 84.6 Å². The summed E-state index contributed by atoms with van der Waals surface area (Å²) in [4.78, 5) is 70.1. The first kappa shape index (κ1) is 37.7. The molecule has 14 heteroatoms. The highest BCUT2D eigenvalue weighted by Crippen LogP contribution is 2.43. The number of nitrogens with one attached hydrogen (secondary N) is 3. The van der Waals surface area contributed by atoms with Crippen molar-refractivity contribution in [1.82, 2.24) is 25.4 Å². The molecule has 2 aliphatic rings. The van der Waals surface area contributed by atoms with Gasteiger partial charge in [-0.15, -0.1) is 0 Å². The van der Waals surface area contributed by atoms with Gasteiger partial charge in [-0.3, -0.25) is 19.4 Å². The molecule has 3 aromatic heterocycles. The van der Waals surface area contributed by atoms with Crippen molar-refractivity contribution in [3.63, 3.8) is 0 Å². The summed E-state index contributed by atoms with van der Waals surface area (Å²) in [5.41, 5.74) is 11.9. The van der Waals surface area contributed by atoms with Gasteiger partial charge in [-0.05, 0) is 74.1 Å². The van der Waals surface area contributed by atoms with Gasteiger partial charge in [-0.1, -0.05) is 26.5 Å². The highest BCUT2D eigenvalue weighted by molar-refractivity contribution is 6.24. The molecule has 2 aliphatic heterocycles. The van der Waals surface area contributed by atoms with E-state index in [2.05, 4.69) is 22.0 Å². The number of hydrogen-bond donors (Lipinski definition) is 7. The molecule has 0 unspecified atom stereocenters. The van der Waals surface area contributed by atoms with E-state index in [9.17, 15) is 34.5 Å². The lowest BCUT2D eigenvalue weighted by Crippen LogP contribution is -2.38. The van der Waals surface area contributed by atoms with Gasteiger partial charge in [0.05, 0.1) is 30.0 Å². The molecule has 0 fully saturated rings. The number of hydroxylamine groups is 1. The fourth-order valence-electron chi connectivity index (χ4n) is 7.11. The number of carboxylic acid groups (broad SMARTS) is 4. The van der Waals surface area contributed by atoms with Gasteiger partial charge in [0.2, 0.25) is 0 Å². The Morgan fingerprint density at radius 2 is 1.63 bits per heavy atom. The van der Waals surface area contributed by atoms with Gasteiger partial charge >= 0.3 is 23.9 Å². The molecule has 0 saturated heterocycles. The number of aryl methyl sites for hydroxylation is 3. The fraction of sp³-hybridized carbons (Fsp3) is 0.368. The molecule has 8 bridgehead atoms. The number of hydrogen-bond acceptors (Lipinski definition) is 8. The third-order valence-electron chi connectivity index (χ3n) is 9.97. The van der Waals surface area contributed by atoms with Gasteiger partial charge in [0.25, 0.3) is 0 Å². The van der Waals surface area contributed by atoms with Crippen molar-refractivity contribution >= 4 is 63.2 Å². The van der Waals surface area contributed by atoms with Crippen molar-refractivity contribution in [1.29, 1.82) is 0 Å².